The maximum atomic E-state index is 12.5. The Bertz CT molecular complexity index is 931. The number of fused-ring (bicyclic) bond motifs is 1. The molecule has 3 aromatic rings. The summed E-state index contributed by atoms with van der Waals surface area (Å²) in [5.41, 5.74) is 4.34. The van der Waals surface area contributed by atoms with Crippen LogP contribution in [0.2, 0.25) is 0 Å². The van der Waals surface area contributed by atoms with E-state index in [1.54, 1.807) is 6.92 Å². The number of aryl methyl sites for hydroxylation is 2. The van der Waals surface area contributed by atoms with Crippen LogP contribution in [0.5, 0.6) is 0 Å². The third-order valence-corrected chi connectivity index (χ3v) is 4.41. The van der Waals surface area contributed by atoms with Gasteiger partial charge in [-0.15, -0.1) is 0 Å². The van der Waals surface area contributed by atoms with Crippen molar-refractivity contribution in [1.29, 1.82) is 0 Å². The molecule has 6 nitrogen and oxygen atoms in total. The molecule has 0 aliphatic heterocycles. The van der Waals surface area contributed by atoms with E-state index in [-0.39, 0.29) is 5.97 Å². The molecule has 0 saturated heterocycles. The number of para-hydroxylation sites is 1. The minimum absolute atomic E-state index is 0.326. The molecule has 0 bridgehead atoms. The lowest BCUT2D eigenvalue weighted by molar-refractivity contribution is 0.0526. The van der Waals surface area contributed by atoms with Crippen molar-refractivity contribution in [2.75, 3.05) is 11.9 Å². The van der Waals surface area contributed by atoms with Crippen LogP contribution < -0.4 is 5.32 Å². The van der Waals surface area contributed by atoms with E-state index in [2.05, 4.69) is 15.4 Å². The molecule has 0 saturated carbocycles. The summed E-state index contributed by atoms with van der Waals surface area (Å²) in [6.07, 6.45) is 1.82. The Kier molecular flexibility index (Phi) is 4.70. The molecule has 2 heterocycles. The van der Waals surface area contributed by atoms with Gasteiger partial charge in [-0.05, 0) is 32.4 Å². The van der Waals surface area contributed by atoms with Gasteiger partial charge in [-0.2, -0.15) is 5.10 Å². The van der Waals surface area contributed by atoms with Gasteiger partial charge in [-0.3, -0.25) is 4.68 Å². The number of ether oxygens (including phenoxy) is 1. The van der Waals surface area contributed by atoms with Crippen LogP contribution in [0.25, 0.3) is 10.9 Å². The quantitative estimate of drug-likeness (QED) is 0.722. The molecule has 0 aliphatic rings. The van der Waals surface area contributed by atoms with Crippen LogP contribution in [-0.4, -0.2) is 27.3 Å². The summed E-state index contributed by atoms with van der Waals surface area (Å²) in [7, 11) is 1.90. The number of esters is 1. The zero-order valence-electron chi connectivity index (χ0n) is 15.0. The topological polar surface area (TPSA) is 69.0 Å². The van der Waals surface area contributed by atoms with Crippen molar-refractivity contribution in [2.24, 2.45) is 7.05 Å². The molecule has 0 radical (unpaired) electrons. The molecule has 0 aliphatic carbocycles. The minimum Gasteiger partial charge on any atom is -0.462 e. The molecule has 25 heavy (non-hydrogen) atoms. The second-order valence-electron chi connectivity index (χ2n) is 5.93. The highest BCUT2D eigenvalue weighted by Gasteiger charge is 2.20. The molecule has 0 unspecified atom stereocenters. The summed E-state index contributed by atoms with van der Waals surface area (Å²) in [4.78, 5) is 17.1. The van der Waals surface area contributed by atoms with Crippen molar-refractivity contribution in [3.63, 3.8) is 0 Å². The highest BCUT2D eigenvalue weighted by molar-refractivity contribution is 6.02. The number of carbonyl (C=O) groups excluding carboxylic acids is 1. The van der Waals surface area contributed by atoms with Crippen molar-refractivity contribution in [3.05, 3.63) is 52.8 Å². The van der Waals surface area contributed by atoms with Gasteiger partial charge in [0.15, 0.2) is 0 Å². The molecule has 1 aromatic carbocycles. The molecule has 2 aromatic heterocycles. The average Bonchev–Trinajstić information content (AvgIpc) is 2.92. The van der Waals surface area contributed by atoms with Crippen molar-refractivity contribution < 1.29 is 9.53 Å². The number of hydrogen-bond donors (Lipinski definition) is 1. The SMILES string of the molecule is CCOC(=O)c1c(NCc2cnn(C)c2C)nc2ccccc2c1C. The van der Waals surface area contributed by atoms with Gasteiger partial charge in [-0.25, -0.2) is 9.78 Å². The predicted octanol–water partition coefficient (Wildman–Crippen LogP) is 3.37. The molecular formula is C19H22N4O2. The fourth-order valence-electron chi connectivity index (χ4n) is 2.85. The Hall–Kier alpha value is -2.89. The Morgan fingerprint density at radius 3 is 2.72 bits per heavy atom. The van der Waals surface area contributed by atoms with Gasteiger partial charge in [0.25, 0.3) is 0 Å². The van der Waals surface area contributed by atoms with Crippen molar-refractivity contribution >= 4 is 22.7 Å². The first-order chi connectivity index (χ1) is 12.0. The second kappa shape index (κ2) is 6.93. The van der Waals surface area contributed by atoms with Gasteiger partial charge in [0.2, 0.25) is 0 Å². The maximum absolute atomic E-state index is 12.5. The van der Waals surface area contributed by atoms with Gasteiger partial charge in [-0.1, -0.05) is 18.2 Å². The number of anilines is 1. The molecule has 0 amide bonds. The van der Waals surface area contributed by atoms with Crippen LogP contribution in [-0.2, 0) is 18.3 Å². The molecule has 0 spiro atoms. The third-order valence-electron chi connectivity index (χ3n) is 4.41. The monoisotopic (exact) mass is 338 g/mol. The average molecular weight is 338 g/mol. The standard InChI is InChI=1S/C19H22N4O2/c1-5-25-19(24)17-12(2)15-8-6-7-9-16(15)22-18(17)20-10-14-11-21-23(4)13(14)3/h6-9,11H,5,10H2,1-4H3,(H,20,22). The van der Waals surface area contributed by atoms with E-state index in [9.17, 15) is 4.79 Å². The van der Waals surface area contributed by atoms with Gasteiger partial charge >= 0.3 is 5.97 Å². The van der Waals surface area contributed by atoms with Crippen LogP contribution in [0.1, 0.15) is 34.1 Å². The Morgan fingerprint density at radius 1 is 1.28 bits per heavy atom. The number of hydrogen-bond acceptors (Lipinski definition) is 5. The number of benzene rings is 1. The molecule has 0 fully saturated rings. The van der Waals surface area contributed by atoms with E-state index < -0.39 is 0 Å². The molecule has 6 heteroatoms. The van der Waals surface area contributed by atoms with Gasteiger partial charge < -0.3 is 10.1 Å². The third kappa shape index (κ3) is 3.20. The van der Waals surface area contributed by atoms with Gasteiger partial charge in [0.1, 0.15) is 11.4 Å². The zero-order valence-corrected chi connectivity index (χ0v) is 15.0. The second-order valence-corrected chi connectivity index (χ2v) is 5.93. The van der Waals surface area contributed by atoms with Crippen molar-refractivity contribution in [2.45, 2.75) is 27.3 Å². The van der Waals surface area contributed by atoms with Crippen molar-refractivity contribution in [1.82, 2.24) is 14.8 Å². The Labute approximate surface area is 146 Å². The predicted molar refractivity (Wildman–Crippen MR) is 97.7 cm³/mol. The van der Waals surface area contributed by atoms with E-state index in [1.807, 2.05) is 56.0 Å². The normalized spacial score (nSPS) is 10.9. The molecule has 3 rings (SSSR count). The lowest BCUT2D eigenvalue weighted by Gasteiger charge is -2.15. The van der Waals surface area contributed by atoms with Crippen molar-refractivity contribution in [3.8, 4) is 0 Å². The first kappa shape index (κ1) is 17.0. The largest absolute Gasteiger partial charge is 0.462 e. The lowest BCUT2D eigenvalue weighted by Crippen LogP contribution is -2.14. The first-order valence-electron chi connectivity index (χ1n) is 8.30. The van der Waals surface area contributed by atoms with E-state index in [0.717, 1.165) is 27.7 Å². The molecule has 130 valence electrons. The Morgan fingerprint density at radius 2 is 2.04 bits per heavy atom. The fraction of sp³-hybridized carbons (Fsp3) is 0.316. The fourth-order valence-corrected chi connectivity index (χ4v) is 2.85. The van der Waals surface area contributed by atoms with Crippen LogP contribution in [0.15, 0.2) is 30.5 Å². The van der Waals surface area contributed by atoms with Gasteiger partial charge in [0, 0.05) is 30.2 Å². The summed E-state index contributed by atoms with van der Waals surface area (Å²) in [5, 5.41) is 8.49. The summed E-state index contributed by atoms with van der Waals surface area (Å²) in [5.74, 6) is 0.182. The van der Waals surface area contributed by atoms with E-state index in [4.69, 9.17) is 4.74 Å². The zero-order chi connectivity index (χ0) is 18.0. The summed E-state index contributed by atoms with van der Waals surface area (Å²) in [6, 6.07) is 7.79. The number of nitrogens with one attached hydrogen (secondary N) is 1. The summed E-state index contributed by atoms with van der Waals surface area (Å²) in [6.45, 7) is 6.60. The highest BCUT2D eigenvalue weighted by Crippen LogP contribution is 2.27. The van der Waals surface area contributed by atoms with Crippen LogP contribution in [0, 0.1) is 13.8 Å². The molecule has 0 atom stereocenters. The molecular weight excluding hydrogens is 316 g/mol. The van der Waals surface area contributed by atoms with Gasteiger partial charge in [0.05, 0.1) is 18.3 Å². The lowest BCUT2D eigenvalue weighted by atomic mass is 10.0. The Balaban J connectivity index is 2.03. The van der Waals surface area contributed by atoms with E-state index >= 15 is 0 Å². The number of nitrogens with zero attached hydrogens (tertiary/aromatic N) is 3. The maximum Gasteiger partial charge on any atom is 0.342 e. The highest BCUT2D eigenvalue weighted by atomic mass is 16.5. The summed E-state index contributed by atoms with van der Waals surface area (Å²) >= 11 is 0. The smallest absolute Gasteiger partial charge is 0.342 e. The number of aromatic nitrogens is 3. The number of rotatable bonds is 5. The van der Waals surface area contributed by atoms with E-state index in [1.165, 1.54) is 0 Å². The molecule has 1 N–H and O–H groups in total. The first-order valence-corrected chi connectivity index (χ1v) is 8.30. The number of carbonyl (C=O) groups is 1. The summed E-state index contributed by atoms with van der Waals surface area (Å²) < 4.78 is 7.06. The number of pyridine rings is 1. The minimum atomic E-state index is -0.358. The van der Waals surface area contributed by atoms with E-state index in [0.29, 0.717) is 24.5 Å². The van der Waals surface area contributed by atoms with Crippen LogP contribution in [0.4, 0.5) is 5.82 Å². The van der Waals surface area contributed by atoms with Crippen LogP contribution >= 0.6 is 0 Å². The van der Waals surface area contributed by atoms with Crippen LogP contribution in [0.3, 0.4) is 0 Å².